The minimum Gasteiger partial charge on any atom is -0.481 e. The molecule has 0 aromatic carbocycles. The van der Waals surface area contributed by atoms with Crippen molar-refractivity contribution in [1.29, 1.82) is 0 Å². The van der Waals surface area contributed by atoms with E-state index in [9.17, 15) is 0 Å². The molecule has 18 heavy (non-hydrogen) atoms. The molecule has 2 rings (SSSR count). The van der Waals surface area contributed by atoms with Gasteiger partial charge in [-0.05, 0) is 31.2 Å². The first kappa shape index (κ1) is 13.3. The number of pyridine rings is 1. The number of nitrogens with zero attached hydrogens (tertiary/aromatic N) is 1. The molecule has 1 aliphatic rings. The van der Waals surface area contributed by atoms with Crippen LogP contribution >= 0.6 is 0 Å². The Morgan fingerprint density at radius 3 is 2.72 bits per heavy atom. The average molecular weight is 248 g/mol. The minimum atomic E-state index is 0.604. The minimum absolute atomic E-state index is 0.604. The second-order valence-corrected chi connectivity index (χ2v) is 5.28. The van der Waals surface area contributed by atoms with Gasteiger partial charge in [-0.1, -0.05) is 25.3 Å². The van der Waals surface area contributed by atoms with Crippen LogP contribution in [0.1, 0.15) is 44.6 Å². The van der Waals surface area contributed by atoms with Crippen LogP contribution in [0.5, 0.6) is 5.88 Å². The molecule has 0 spiro atoms. The van der Waals surface area contributed by atoms with Gasteiger partial charge in [0, 0.05) is 24.8 Å². The SMILES string of the molecule is COc1ccc(CN[C@@H](C)C2CCCCC2)cn1. The molecular weight excluding hydrogens is 224 g/mol. The summed E-state index contributed by atoms with van der Waals surface area (Å²) in [5.41, 5.74) is 1.22. The zero-order valence-corrected chi connectivity index (χ0v) is 11.5. The van der Waals surface area contributed by atoms with E-state index in [0.717, 1.165) is 12.5 Å². The van der Waals surface area contributed by atoms with Crippen LogP contribution in [-0.2, 0) is 6.54 Å². The number of rotatable bonds is 5. The molecule has 1 aliphatic carbocycles. The lowest BCUT2D eigenvalue weighted by Crippen LogP contribution is -2.34. The van der Waals surface area contributed by atoms with E-state index in [4.69, 9.17) is 4.74 Å². The number of methoxy groups -OCH3 is 1. The second-order valence-electron chi connectivity index (χ2n) is 5.28. The van der Waals surface area contributed by atoms with Gasteiger partial charge in [0.1, 0.15) is 0 Å². The molecule has 0 aliphatic heterocycles. The third-order valence-corrected chi connectivity index (χ3v) is 3.99. The summed E-state index contributed by atoms with van der Waals surface area (Å²) in [6, 6.07) is 4.60. The van der Waals surface area contributed by atoms with Crippen molar-refractivity contribution in [3.05, 3.63) is 23.9 Å². The topological polar surface area (TPSA) is 34.1 Å². The molecule has 3 heteroatoms. The van der Waals surface area contributed by atoms with Gasteiger partial charge in [0.15, 0.2) is 0 Å². The van der Waals surface area contributed by atoms with Crippen LogP contribution in [0.2, 0.25) is 0 Å². The highest BCUT2D eigenvalue weighted by atomic mass is 16.5. The Bertz CT molecular complexity index is 344. The van der Waals surface area contributed by atoms with Gasteiger partial charge >= 0.3 is 0 Å². The van der Waals surface area contributed by atoms with E-state index >= 15 is 0 Å². The summed E-state index contributed by atoms with van der Waals surface area (Å²) in [7, 11) is 1.64. The smallest absolute Gasteiger partial charge is 0.212 e. The maximum atomic E-state index is 5.06. The van der Waals surface area contributed by atoms with Crippen molar-refractivity contribution < 1.29 is 4.74 Å². The van der Waals surface area contributed by atoms with Crippen LogP contribution in [0.3, 0.4) is 0 Å². The fourth-order valence-corrected chi connectivity index (χ4v) is 2.72. The molecule has 1 saturated carbocycles. The second kappa shape index (κ2) is 6.74. The number of hydrogen-bond acceptors (Lipinski definition) is 3. The maximum absolute atomic E-state index is 5.06. The summed E-state index contributed by atoms with van der Waals surface area (Å²) in [4.78, 5) is 4.23. The van der Waals surface area contributed by atoms with Crippen molar-refractivity contribution in [3.63, 3.8) is 0 Å². The van der Waals surface area contributed by atoms with Gasteiger partial charge < -0.3 is 10.1 Å². The molecule has 0 amide bonds. The predicted octanol–water partition coefficient (Wildman–Crippen LogP) is 3.15. The lowest BCUT2D eigenvalue weighted by molar-refractivity contribution is 0.280. The zero-order valence-electron chi connectivity index (χ0n) is 11.5. The maximum Gasteiger partial charge on any atom is 0.212 e. The molecule has 1 aromatic heterocycles. The number of nitrogens with one attached hydrogen (secondary N) is 1. The average Bonchev–Trinajstić information content (AvgIpc) is 2.46. The molecule has 1 N–H and O–H groups in total. The first-order chi connectivity index (χ1) is 8.79. The van der Waals surface area contributed by atoms with Crippen LogP contribution in [0.15, 0.2) is 18.3 Å². The predicted molar refractivity (Wildman–Crippen MR) is 73.7 cm³/mol. The Morgan fingerprint density at radius 1 is 1.33 bits per heavy atom. The van der Waals surface area contributed by atoms with Crippen LogP contribution < -0.4 is 10.1 Å². The molecule has 0 saturated heterocycles. The summed E-state index contributed by atoms with van der Waals surface area (Å²) in [5.74, 6) is 1.53. The summed E-state index contributed by atoms with van der Waals surface area (Å²) in [5, 5.41) is 3.63. The highest BCUT2D eigenvalue weighted by molar-refractivity contribution is 5.17. The van der Waals surface area contributed by atoms with E-state index < -0.39 is 0 Å². The molecular formula is C15H24N2O. The van der Waals surface area contributed by atoms with Crippen molar-refractivity contribution in [3.8, 4) is 5.88 Å². The third-order valence-electron chi connectivity index (χ3n) is 3.99. The lowest BCUT2D eigenvalue weighted by Gasteiger charge is -2.28. The summed E-state index contributed by atoms with van der Waals surface area (Å²) in [6.07, 6.45) is 8.89. The molecule has 3 nitrogen and oxygen atoms in total. The molecule has 0 radical (unpaired) electrons. The fourth-order valence-electron chi connectivity index (χ4n) is 2.72. The van der Waals surface area contributed by atoms with E-state index in [0.29, 0.717) is 11.9 Å². The van der Waals surface area contributed by atoms with Gasteiger partial charge in [0.25, 0.3) is 0 Å². The lowest BCUT2D eigenvalue weighted by atomic mass is 9.84. The Kier molecular flexibility index (Phi) is 5.00. The number of aromatic nitrogens is 1. The van der Waals surface area contributed by atoms with E-state index in [1.54, 1.807) is 7.11 Å². The van der Waals surface area contributed by atoms with Crippen molar-refractivity contribution in [2.45, 2.75) is 51.6 Å². The summed E-state index contributed by atoms with van der Waals surface area (Å²) in [6.45, 7) is 3.21. The molecule has 0 unspecified atom stereocenters. The fraction of sp³-hybridized carbons (Fsp3) is 0.667. The molecule has 1 fully saturated rings. The standard InChI is InChI=1S/C15H24N2O/c1-12(14-6-4-3-5-7-14)16-10-13-8-9-15(18-2)17-11-13/h8-9,11-12,14,16H,3-7,10H2,1-2H3/t12-/m0/s1. The van der Waals surface area contributed by atoms with Gasteiger partial charge in [0.2, 0.25) is 5.88 Å². The molecule has 100 valence electrons. The van der Waals surface area contributed by atoms with Crippen LogP contribution in [-0.4, -0.2) is 18.1 Å². The molecule has 1 aromatic rings. The van der Waals surface area contributed by atoms with Crippen molar-refractivity contribution >= 4 is 0 Å². The van der Waals surface area contributed by atoms with Crippen molar-refractivity contribution in [2.24, 2.45) is 5.92 Å². The molecule has 1 atom stereocenters. The first-order valence-electron chi connectivity index (χ1n) is 7.02. The van der Waals surface area contributed by atoms with Crippen LogP contribution in [0, 0.1) is 5.92 Å². The Balaban J connectivity index is 1.78. The van der Waals surface area contributed by atoms with Gasteiger partial charge in [-0.2, -0.15) is 0 Å². The third kappa shape index (κ3) is 3.70. The van der Waals surface area contributed by atoms with Crippen LogP contribution in [0.25, 0.3) is 0 Å². The summed E-state index contributed by atoms with van der Waals surface area (Å²) >= 11 is 0. The van der Waals surface area contributed by atoms with Crippen molar-refractivity contribution in [1.82, 2.24) is 10.3 Å². The van der Waals surface area contributed by atoms with E-state index in [-0.39, 0.29) is 0 Å². The first-order valence-corrected chi connectivity index (χ1v) is 7.02. The van der Waals surface area contributed by atoms with Gasteiger partial charge in [-0.15, -0.1) is 0 Å². The highest BCUT2D eigenvalue weighted by Gasteiger charge is 2.19. The van der Waals surface area contributed by atoms with Gasteiger partial charge in [-0.3, -0.25) is 0 Å². The Morgan fingerprint density at radius 2 is 2.11 bits per heavy atom. The van der Waals surface area contributed by atoms with E-state index in [1.165, 1.54) is 37.7 Å². The van der Waals surface area contributed by atoms with Crippen molar-refractivity contribution in [2.75, 3.05) is 7.11 Å². The molecule has 1 heterocycles. The Labute approximate surface area is 110 Å². The number of hydrogen-bond donors (Lipinski definition) is 1. The normalized spacial score (nSPS) is 18.6. The monoisotopic (exact) mass is 248 g/mol. The summed E-state index contributed by atoms with van der Waals surface area (Å²) < 4.78 is 5.06. The van der Waals surface area contributed by atoms with E-state index in [1.807, 2.05) is 12.3 Å². The number of ether oxygens (including phenoxy) is 1. The molecule has 0 bridgehead atoms. The van der Waals surface area contributed by atoms with Gasteiger partial charge in [0.05, 0.1) is 7.11 Å². The van der Waals surface area contributed by atoms with Crippen LogP contribution in [0.4, 0.5) is 0 Å². The quantitative estimate of drug-likeness (QED) is 0.869. The Hall–Kier alpha value is -1.09. The largest absolute Gasteiger partial charge is 0.481 e. The zero-order chi connectivity index (χ0) is 12.8. The van der Waals surface area contributed by atoms with Gasteiger partial charge in [-0.25, -0.2) is 4.98 Å². The van der Waals surface area contributed by atoms with E-state index in [2.05, 4.69) is 23.3 Å². The highest BCUT2D eigenvalue weighted by Crippen LogP contribution is 2.26.